The lowest BCUT2D eigenvalue weighted by Gasteiger charge is -2.20. The molecule has 10 heteroatoms. The van der Waals surface area contributed by atoms with E-state index < -0.39 is 11.7 Å². The predicted molar refractivity (Wildman–Crippen MR) is 118 cm³/mol. The Balaban J connectivity index is 1.57. The molecule has 31 heavy (non-hydrogen) atoms. The molecule has 0 radical (unpaired) electrons. The van der Waals surface area contributed by atoms with Crippen LogP contribution in [0.4, 0.5) is 24.8 Å². The minimum atomic E-state index is -4.41. The third-order valence-electron chi connectivity index (χ3n) is 4.83. The Morgan fingerprint density at radius 1 is 1.16 bits per heavy atom. The van der Waals surface area contributed by atoms with Gasteiger partial charge in [-0.15, -0.1) is 0 Å². The first-order valence-corrected chi connectivity index (χ1v) is 10.3. The first-order chi connectivity index (χ1) is 14.8. The second-order valence-corrected chi connectivity index (χ2v) is 8.05. The van der Waals surface area contributed by atoms with Crippen molar-refractivity contribution in [2.45, 2.75) is 12.7 Å². The fourth-order valence-electron chi connectivity index (χ4n) is 3.36. The number of anilines is 2. The Bertz CT molecular complexity index is 1150. The van der Waals surface area contributed by atoms with Crippen LogP contribution in [0, 0.1) is 0 Å². The molecule has 0 fully saturated rings. The Morgan fingerprint density at radius 2 is 1.97 bits per heavy atom. The van der Waals surface area contributed by atoms with Gasteiger partial charge in [-0.05, 0) is 45.4 Å². The van der Waals surface area contributed by atoms with Crippen molar-refractivity contribution in [3.05, 3.63) is 76.1 Å². The zero-order valence-electron chi connectivity index (χ0n) is 16.6. The minimum absolute atomic E-state index is 0.00913. The second-order valence-electron chi connectivity index (χ2n) is 7.20. The first-order valence-electron chi connectivity index (χ1n) is 9.55. The summed E-state index contributed by atoms with van der Waals surface area (Å²) < 4.78 is 42.2. The molecular weight excluding hydrogens is 473 g/mol. The maximum atomic E-state index is 13.3. The van der Waals surface area contributed by atoms with Crippen molar-refractivity contribution in [1.29, 1.82) is 0 Å². The van der Waals surface area contributed by atoms with Gasteiger partial charge in [0.05, 0.1) is 16.2 Å². The molecule has 4 rings (SSSR count). The van der Waals surface area contributed by atoms with Crippen molar-refractivity contribution in [2.24, 2.45) is 0 Å². The summed E-state index contributed by atoms with van der Waals surface area (Å²) in [5, 5.41) is 10.7. The van der Waals surface area contributed by atoms with Crippen LogP contribution in [-0.4, -0.2) is 39.6 Å². The summed E-state index contributed by atoms with van der Waals surface area (Å²) in [5.74, 6) is 1.13. The van der Waals surface area contributed by atoms with Gasteiger partial charge in [0.2, 0.25) is 0 Å². The van der Waals surface area contributed by atoms with Gasteiger partial charge >= 0.3 is 6.18 Å². The normalized spacial score (nSPS) is 14.1. The molecule has 1 aromatic carbocycles. The van der Waals surface area contributed by atoms with E-state index in [4.69, 9.17) is 0 Å². The number of aromatic nitrogens is 3. The van der Waals surface area contributed by atoms with Crippen LogP contribution < -0.4 is 10.6 Å². The van der Waals surface area contributed by atoms with Crippen LogP contribution in [0.15, 0.2) is 64.9 Å². The molecule has 0 saturated heterocycles. The van der Waals surface area contributed by atoms with Crippen molar-refractivity contribution in [1.82, 2.24) is 19.5 Å². The molecule has 1 aliphatic heterocycles. The van der Waals surface area contributed by atoms with E-state index in [-0.39, 0.29) is 12.1 Å². The molecule has 0 atom stereocenters. The summed E-state index contributed by atoms with van der Waals surface area (Å²) in [6, 6.07) is 7.26. The molecule has 162 valence electrons. The lowest BCUT2D eigenvalue weighted by molar-refractivity contribution is -0.138. The number of halogens is 4. The van der Waals surface area contributed by atoms with Crippen molar-refractivity contribution >= 4 is 33.2 Å². The van der Waals surface area contributed by atoms with Crippen LogP contribution >= 0.6 is 15.9 Å². The maximum absolute atomic E-state index is 13.3. The molecule has 0 aliphatic carbocycles. The zero-order valence-corrected chi connectivity index (χ0v) is 18.2. The summed E-state index contributed by atoms with van der Waals surface area (Å²) in [7, 11) is 2.00. The highest BCUT2D eigenvalue weighted by atomic mass is 79.9. The SMILES string of the molecule is CN1C=CC=C(CNc2cc(NCc3ccccc3C(F)(F)F)nc3c(Br)cnn23)C1. The standard InChI is InChI=1S/C21H20BrF3N6/c1-30-8-4-5-14(13-30)10-27-19-9-18(29-20-17(22)12-28-31(19)20)26-11-15-6-2-3-7-16(15)21(23,24)25/h2-9,12,27H,10-11,13H2,1H3,(H,26,29). The summed E-state index contributed by atoms with van der Waals surface area (Å²) in [5.41, 5.74) is 1.25. The van der Waals surface area contributed by atoms with Gasteiger partial charge < -0.3 is 15.5 Å². The average Bonchev–Trinajstić information content (AvgIpc) is 3.11. The van der Waals surface area contributed by atoms with Gasteiger partial charge in [-0.3, -0.25) is 0 Å². The topological polar surface area (TPSA) is 57.5 Å². The number of fused-ring (bicyclic) bond motifs is 1. The highest BCUT2D eigenvalue weighted by Gasteiger charge is 2.32. The summed E-state index contributed by atoms with van der Waals surface area (Å²) in [6.07, 6.45) is 3.26. The van der Waals surface area contributed by atoms with Crippen LogP contribution in [0.1, 0.15) is 11.1 Å². The van der Waals surface area contributed by atoms with Crippen molar-refractivity contribution in [3.63, 3.8) is 0 Å². The van der Waals surface area contributed by atoms with E-state index >= 15 is 0 Å². The molecule has 2 N–H and O–H groups in total. The van der Waals surface area contributed by atoms with Crippen LogP contribution in [0.25, 0.3) is 5.65 Å². The number of alkyl halides is 3. The van der Waals surface area contributed by atoms with E-state index in [9.17, 15) is 13.2 Å². The molecule has 6 nitrogen and oxygen atoms in total. The third kappa shape index (κ3) is 4.84. The highest BCUT2D eigenvalue weighted by molar-refractivity contribution is 9.10. The largest absolute Gasteiger partial charge is 0.416 e. The molecule has 1 aliphatic rings. The minimum Gasteiger partial charge on any atom is -0.376 e. The third-order valence-corrected chi connectivity index (χ3v) is 5.39. The summed E-state index contributed by atoms with van der Waals surface area (Å²) in [6.45, 7) is 1.40. The molecule has 2 aromatic heterocycles. The fraction of sp³-hybridized carbons (Fsp3) is 0.238. The lowest BCUT2D eigenvalue weighted by Crippen LogP contribution is -2.21. The van der Waals surface area contributed by atoms with Crippen LogP contribution in [0.5, 0.6) is 0 Å². The number of nitrogens with one attached hydrogen (secondary N) is 2. The number of hydrogen-bond donors (Lipinski definition) is 2. The number of likely N-dealkylation sites (N-methyl/N-ethyl adjacent to an activating group) is 1. The fourth-order valence-corrected chi connectivity index (χ4v) is 3.71. The number of allylic oxidation sites excluding steroid dienone is 2. The summed E-state index contributed by atoms with van der Waals surface area (Å²) >= 11 is 3.43. The van der Waals surface area contributed by atoms with E-state index in [2.05, 4.69) is 47.6 Å². The molecule has 0 unspecified atom stereocenters. The lowest BCUT2D eigenvalue weighted by atomic mass is 10.1. The Hall–Kier alpha value is -3.01. The molecule has 0 saturated carbocycles. The van der Waals surface area contributed by atoms with Gasteiger partial charge in [0.25, 0.3) is 0 Å². The van der Waals surface area contributed by atoms with Crippen molar-refractivity contribution < 1.29 is 13.2 Å². The molecule has 0 amide bonds. The molecule has 0 bridgehead atoms. The molecular formula is C21H20BrF3N6. The van der Waals surface area contributed by atoms with Crippen molar-refractivity contribution in [2.75, 3.05) is 30.8 Å². The van der Waals surface area contributed by atoms with Gasteiger partial charge in [-0.2, -0.15) is 22.8 Å². The van der Waals surface area contributed by atoms with Crippen LogP contribution in [0.2, 0.25) is 0 Å². The quantitative estimate of drug-likeness (QED) is 0.511. The zero-order chi connectivity index (χ0) is 22.0. The van der Waals surface area contributed by atoms with E-state index in [1.807, 2.05) is 19.3 Å². The molecule has 0 spiro atoms. The Labute approximate surface area is 185 Å². The molecule has 3 heterocycles. The van der Waals surface area contributed by atoms with Crippen LogP contribution in [-0.2, 0) is 12.7 Å². The van der Waals surface area contributed by atoms with E-state index in [1.165, 1.54) is 17.7 Å². The first kappa shape index (κ1) is 21.2. The van der Waals surface area contributed by atoms with E-state index in [0.717, 1.165) is 12.6 Å². The van der Waals surface area contributed by atoms with E-state index in [0.29, 0.717) is 28.3 Å². The van der Waals surface area contributed by atoms with Crippen LogP contribution in [0.3, 0.4) is 0 Å². The van der Waals surface area contributed by atoms with Crippen molar-refractivity contribution in [3.8, 4) is 0 Å². The van der Waals surface area contributed by atoms with Gasteiger partial charge in [-0.1, -0.05) is 24.3 Å². The predicted octanol–water partition coefficient (Wildman–Crippen LogP) is 4.92. The highest BCUT2D eigenvalue weighted by Crippen LogP contribution is 2.32. The van der Waals surface area contributed by atoms with Gasteiger partial charge in [0, 0.05) is 32.7 Å². The average molecular weight is 493 g/mol. The number of rotatable bonds is 6. The van der Waals surface area contributed by atoms with Gasteiger partial charge in [0.1, 0.15) is 11.6 Å². The van der Waals surface area contributed by atoms with E-state index in [1.54, 1.807) is 22.8 Å². The Kier molecular flexibility index (Phi) is 5.90. The maximum Gasteiger partial charge on any atom is 0.416 e. The molecule has 3 aromatic rings. The van der Waals surface area contributed by atoms with Gasteiger partial charge in [0.15, 0.2) is 5.65 Å². The summed E-state index contributed by atoms with van der Waals surface area (Å²) in [4.78, 5) is 6.57. The Morgan fingerprint density at radius 3 is 2.74 bits per heavy atom. The van der Waals surface area contributed by atoms with Gasteiger partial charge in [-0.25, -0.2) is 4.98 Å². The smallest absolute Gasteiger partial charge is 0.376 e. The number of nitrogens with zero attached hydrogens (tertiary/aromatic N) is 4. The monoisotopic (exact) mass is 492 g/mol. The number of benzene rings is 1. The number of hydrogen-bond acceptors (Lipinski definition) is 5. The second kappa shape index (κ2) is 8.62.